The Labute approximate surface area is 131 Å². The van der Waals surface area contributed by atoms with Crippen LogP contribution in [0.1, 0.15) is 52.4 Å². The van der Waals surface area contributed by atoms with Crippen molar-refractivity contribution in [2.75, 3.05) is 0 Å². The third kappa shape index (κ3) is 1.57. The van der Waals surface area contributed by atoms with Crippen molar-refractivity contribution in [3.63, 3.8) is 0 Å². The molecular weight excluding hydrogens is 276 g/mol. The summed E-state index contributed by atoms with van der Waals surface area (Å²) in [5.41, 5.74) is 0.622. The molecule has 0 aromatic carbocycles. The molecule has 0 amide bonds. The van der Waals surface area contributed by atoms with Crippen LogP contribution in [0.3, 0.4) is 0 Å². The molecule has 0 radical (unpaired) electrons. The standard InChI is InChI=1S/C19H24O3/c1-18-10-8-15(20)17(22)14(18)4-3-11-12-5-6-16(21)19(12,2)9-7-13(11)18/h8,10-13,22H,3-7,9H2,1-2H3/t11-,12-,13-,18+,19-/m0/s1. The molecule has 1 N–H and O–H groups in total. The summed E-state index contributed by atoms with van der Waals surface area (Å²) in [7, 11) is 0. The Morgan fingerprint density at radius 1 is 1.09 bits per heavy atom. The zero-order valence-corrected chi connectivity index (χ0v) is 13.4. The minimum absolute atomic E-state index is 0.0146. The van der Waals surface area contributed by atoms with Crippen molar-refractivity contribution in [1.82, 2.24) is 0 Å². The maximum Gasteiger partial charge on any atom is 0.219 e. The smallest absolute Gasteiger partial charge is 0.219 e. The van der Waals surface area contributed by atoms with E-state index in [0.29, 0.717) is 23.5 Å². The van der Waals surface area contributed by atoms with E-state index in [2.05, 4.69) is 13.8 Å². The Morgan fingerprint density at radius 2 is 1.86 bits per heavy atom. The average Bonchev–Trinajstić information content (AvgIpc) is 2.79. The van der Waals surface area contributed by atoms with Crippen molar-refractivity contribution < 1.29 is 14.7 Å². The molecule has 3 saturated carbocycles. The first kappa shape index (κ1) is 14.2. The molecule has 0 aromatic heterocycles. The maximum absolute atomic E-state index is 12.4. The highest BCUT2D eigenvalue weighted by atomic mass is 16.3. The van der Waals surface area contributed by atoms with Crippen molar-refractivity contribution >= 4 is 11.6 Å². The highest BCUT2D eigenvalue weighted by Crippen LogP contribution is 2.63. The minimum Gasteiger partial charge on any atom is -0.504 e. The highest BCUT2D eigenvalue weighted by Gasteiger charge is 2.59. The molecule has 4 rings (SSSR count). The van der Waals surface area contributed by atoms with E-state index in [1.165, 1.54) is 0 Å². The normalized spacial score (nSPS) is 47.3. The predicted molar refractivity (Wildman–Crippen MR) is 83.2 cm³/mol. The number of hydrogen-bond acceptors (Lipinski definition) is 3. The molecule has 5 atom stereocenters. The molecule has 4 aliphatic carbocycles. The zero-order valence-electron chi connectivity index (χ0n) is 13.4. The Hall–Kier alpha value is -1.38. The van der Waals surface area contributed by atoms with Crippen LogP contribution in [0.25, 0.3) is 0 Å². The molecule has 22 heavy (non-hydrogen) atoms. The number of allylic oxidation sites excluding steroid dienone is 3. The summed E-state index contributed by atoms with van der Waals surface area (Å²) in [4.78, 5) is 24.1. The van der Waals surface area contributed by atoms with Crippen molar-refractivity contribution in [2.45, 2.75) is 52.4 Å². The third-order valence-corrected chi connectivity index (χ3v) is 7.39. The van der Waals surface area contributed by atoms with Gasteiger partial charge in [0.2, 0.25) is 5.78 Å². The molecule has 0 saturated heterocycles. The lowest BCUT2D eigenvalue weighted by atomic mass is 9.48. The van der Waals surface area contributed by atoms with Crippen molar-refractivity contribution in [3.8, 4) is 0 Å². The lowest BCUT2D eigenvalue weighted by Crippen LogP contribution is -2.50. The number of ketones is 2. The number of fused-ring (bicyclic) bond motifs is 5. The van der Waals surface area contributed by atoms with Gasteiger partial charge in [-0.25, -0.2) is 0 Å². The van der Waals surface area contributed by atoms with Crippen LogP contribution in [0.2, 0.25) is 0 Å². The van der Waals surface area contributed by atoms with Gasteiger partial charge in [-0.2, -0.15) is 0 Å². The minimum atomic E-state index is -0.248. The number of rotatable bonds is 0. The maximum atomic E-state index is 12.4. The second kappa shape index (κ2) is 4.33. The predicted octanol–water partition coefficient (Wildman–Crippen LogP) is 3.75. The van der Waals surface area contributed by atoms with Gasteiger partial charge in [0.1, 0.15) is 5.78 Å². The molecule has 3 nitrogen and oxygen atoms in total. The summed E-state index contributed by atoms with van der Waals surface area (Å²) in [6.07, 6.45) is 9.13. The van der Waals surface area contributed by atoms with E-state index in [0.717, 1.165) is 44.1 Å². The fourth-order valence-electron chi connectivity index (χ4n) is 6.08. The molecular formula is C19H24O3. The molecule has 3 heteroatoms. The van der Waals surface area contributed by atoms with Crippen molar-refractivity contribution in [1.29, 1.82) is 0 Å². The Morgan fingerprint density at radius 3 is 2.64 bits per heavy atom. The van der Waals surface area contributed by atoms with Gasteiger partial charge in [-0.15, -0.1) is 0 Å². The number of carbonyl (C=O) groups excluding carboxylic acids is 2. The van der Waals surface area contributed by atoms with Gasteiger partial charge < -0.3 is 5.11 Å². The molecule has 4 aliphatic rings. The quantitative estimate of drug-likeness (QED) is 0.741. The fourth-order valence-corrected chi connectivity index (χ4v) is 6.08. The molecule has 0 heterocycles. The molecule has 3 fully saturated rings. The SMILES string of the molecule is C[C@]12C=CC(=O)C(O)=C1CC[C@@H]1[C@@H]2CC[C@]2(C)C(=O)CC[C@@H]12. The molecule has 0 bridgehead atoms. The Balaban J connectivity index is 1.75. The van der Waals surface area contributed by atoms with Gasteiger partial charge in [-0.1, -0.05) is 19.9 Å². The topological polar surface area (TPSA) is 54.4 Å². The zero-order chi connectivity index (χ0) is 15.7. The first-order valence-corrected chi connectivity index (χ1v) is 8.57. The number of carbonyl (C=O) groups is 2. The van der Waals surface area contributed by atoms with Gasteiger partial charge in [0, 0.05) is 17.3 Å². The van der Waals surface area contributed by atoms with Crippen LogP contribution in [0.5, 0.6) is 0 Å². The van der Waals surface area contributed by atoms with E-state index in [1.54, 1.807) is 6.08 Å². The van der Waals surface area contributed by atoms with E-state index < -0.39 is 0 Å². The fraction of sp³-hybridized carbons (Fsp3) is 0.684. The van der Waals surface area contributed by atoms with Gasteiger partial charge >= 0.3 is 0 Å². The number of hydrogen-bond donors (Lipinski definition) is 1. The van der Waals surface area contributed by atoms with Crippen molar-refractivity contribution in [2.24, 2.45) is 28.6 Å². The lowest BCUT2D eigenvalue weighted by molar-refractivity contribution is -0.131. The van der Waals surface area contributed by atoms with Crippen LogP contribution < -0.4 is 0 Å². The van der Waals surface area contributed by atoms with Crippen LogP contribution in [0.15, 0.2) is 23.5 Å². The van der Waals surface area contributed by atoms with Gasteiger partial charge in [-0.05, 0) is 61.5 Å². The molecule has 0 aliphatic heterocycles. The van der Waals surface area contributed by atoms with E-state index in [4.69, 9.17) is 0 Å². The van der Waals surface area contributed by atoms with E-state index >= 15 is 0 Å². The van der Waals surface area contributed by atoms with Gasteiger partial charge in [-0.3, -0.25) is 9.59 Å². The molecule has 118 valence electrons. The Kier molecular flexibility index (Phi) is 2.80. The van der Waals surface area contributed by atoms with Crippen LogP contribution >= 0.6 is 0 Å². The van der Waals surface area contributed by atoms with E-state index in [1.807, 2.05) is 6.08 Å². The Bertz CT molecular complexity index is 629. The van der Waals surface area contributed by atoms with Gasteiger partial charge in [0.15, 0.2) is 5.76 Å². The van der Waals surface area contributed by atoms with Crippen molar-refractivity contribution in [3.05, 3.63) is 23.5 Å². The molecule has 0 aromatic rings. The van der Waals surface area contributed by atoms with Crippen LogP contribution in [-0.4, -0.2) is 16.7 Å². The summed E-state index contributed by atoms with van der Waals surface area (Å²) in [6.45, 7) is 4.35. The number of Topliss-reactive ketones (excluding diaryl/α,β-unsaturated/α-hetero) is 1. The largest absolute Gasteiger partial charge is 0.504 e. The van der Waals surface area contributed by atoms with E-state index in [-0.39, 0.29) is 22.4 Å². The summed E-state index contributed by atoms with van der Waals surface area (Å²) in [6, 6.07) is 0. The second-order valence-corrected chi connectivity index (χ2v) is 8.14. The number of aliphatic hydroxyl groups excluding tert-OH is 1. The summed E-state index contributed by atoms with van der Waals surface area (Å²) < 4.78 is 0. The first-order valence-electron chi connectivity index (χ1n) is 8.57. The monoisotopic (exact) mass is 300 g/mol. The third-order valence-electron chi connectivity index (χ3n) is 7.39. The number of aliphatic hydroxyl groups is 1. The van der Waals surface area contributed by atoms with Gasteiger partial charge in [0.25, 0.3) is 0 Å². The van der Waals surface area contributed by atoms with Crippen LogP contribution in [0, 0.1) is 28.6 Å². The van der Waals surface area contributed by atoms with Crippen LogP contribution in [-0.2, 0) is 9.59 Å². The summed E-state index contributed by atoms with van der Waals surface area (Å²) in [5, 5.41) is 10.2. The summed E-state index contributed by atoms with van der Waals surface area (Å²) >= 11 is 0. The summed E-state index contributed by atoms with van der Waals surface area (Å²) in [5.74, 6) is 1.68. The van der Waals surface area contributed by atoms with Crippen LogP contribution in [0.4, 0.5) is 0 Å². The molecule has 0 unspecified atom stereocenters. The van der Waals surface area contributed by atoms with E-state index in [9.17, 15) is 14.7 Å². The highest BCUT2D eigenvalue weighted by molar-refractivity contribution is 6.04. The lowest BCUT2D eigenvalue weighted by Gasteiger charge is -2.55. The average molecular weight is 300 g/mol. The second-order valence-electron chi connectivity index (χ2n) is 8.14. The first-order chi connectivity index (χ1) is 10.4. The molecule has 0 spiro atoms. The van der Waals surface area contributed by atoms with Gasteiger partial charge in [0.05, 0.1) is 0 Å².